The number of hydrogen-bond acceptors (Lipinski definition) is 5. The first-order chi connectivity index (χ1) is 17.3. The molecule has 4 aromatic rings. The largest absolute Gasteiger partial charge is 0.484 e. The van der Waals surface area contributed by atoms with Crippen molar-refractivity contribution < 1.29 is 36.7 Å². The van der Waals surface area contributed by atoms with Crippen LogP contribution in [0.25, 0.3) is 0 Å². The highest BCUT2D eigenvalue weighted by Gasteiger charge is 2.34. The number of para-hydroxylation sites is 1. The third-order valence-corrected chi connectivity index (χ3v) is 4.77. The second-order valence-electron chi connectivity index (χ2n) is 7.41. The Morgan fingerprint density at radius 2 is 1.50 bits per heavy atom. The lowest BCUT2D eigenvalue weighted by atomic mass is 10.1. The molecule has 0 aliphatic heterocycles. The van der Waals surface area contributed by atoms with Crippen LogP contribution in [0.15, 0.2) is 95.6 Å². The maximum atomic E-state index is 13.6. The average Bonchev–Trinajstić information content (AvgIpc) is 3.40. The summed E-state index contributed by atoms with van der Waals surface area (Å²) in [6.07, 6.45) is -3.52. The summed E-state index contributed by atoms with van der Waals surface area (Å²) in [7, 11) is 0. The van der Waals surface area contributed by atoms with Crippen LogP contribution in [0.3, 0.4) is 0 Å². The summed E-state index contributed by atoms with van der Waals surface area (Å²) < 4.78 is 56.8. The van der Waals surface area contributed by atoms with E-state index >= 15 is 0 Å². The number of halogens is 3. The molecule has 0 fully saturated rings. The molecule has 0 radical (unpaired) electrons. The predicted octanol–water partition coefficient (Wildman–Crippen LogP) is 6.36. The number of ether oxygens (including phenoxy) is 2. The van der Waals surface area contributed by atoms with Gasteiger partial charge in [0.2, 0.25) is 0 Å². The quantitative estimate of drug-likeness (QED) is 0.296. The Labute approximate surface area is 203 Å². The van der Waals surface area contributed by atoms with Gasteiger partial charge in [-0.1, -0.05) is 18.2 Å². The average molecular weight is 496 g/mol. The highest BCUT2D eigenvalue weighted by Crippen LogP contribution is 2.36. The van der Waals surface area contributed by atoms with Crippen LogP contribution in [-0.4, -0.2) is 18.4 Å². The summed E-state index contributed by atoms with van der Waals surface area (Å²) in [6.45, 7) is -0.521. The molecule has 0 saturated heterocycles. The molecule has 36 heavy (non-hydrogen) atoms. The Kier molecular flexibility index (Phi) is 7.24. The molecule has 1 aromatic heterocycles. The minimum absolute atomic E-state index is 0.0576. The topological polar surface area (TPSA) is 89.8 Å². The monoisotopic (exact) mass is 496 g/mol. The Morgan fingerprint density at radius 1 is 0.806 bits per heavy atom. The van der Waals surface area contributed by atoms with E-state index in [-0.39, 0.29) is 11.4 Å². The van der Waals surface area contributed by atoms with Crippen molar-refractivity contribution in [3.8, 4) is 17.2 Å². The molecule has 10 heteroatoms. The Morgan fingerprint density at radius 3 is 2.17 bits per heavy atom. The molecule has 0 aliphatic carbocycles. The first kappa shape index (κ1) is 24.4. The van der Waals surface area contributed by atoms with Crippen molar-refractivity contribution in [3.05, 3.63) is 103 Å². The zero-order valence-corrected chi connectivity index (χ0v) is 18.5. The summed E-state index contributed by atoms with van der Waals surface area (Å²) >= 11 is 0. The normalized spacial score (nSPS) is 11.0. The molecule has 2 amide bonds. The standard InChI is InChI=1S/C26H19F3N2O5/c27-26(28,29)21-15-17(30-25(33)23-7-4-14-34-23)8-13-22(21)31-24(32)16-35-18-9-11-20(12-10-18)36-19-5-2-1-3-6-19/h1-15H,16H2,(H,30,33)(H,31,32). The SMILES string of the molecule is O=C(COc1ccc(Oc2ccccc2)cc1)Nc1ccc(NC(=O)c2ccco2)cc1C(F)(F)F. The van der Waals surface area contributed by atoms with Crippen molar-refractivity contribution in [3.63, 3.8) is 0 Å². The lowest BCUT2D eigenvalue weighted by molar-refractivity contribution is -0.137. The van der Waals surface area contributed by atoms with Gasteiger partial charge < -0.3 is 24.5 Å². The van der Waals surface area contributed by atoms with Gasteiger partial charge in [-0.2, -0.15) is 13.2 Å². The van der Waals surface area contributed by atoms with Crippen LogP contribution in [-0.2, 0) is 11.0 Å². The number of amides is 2. The van der Waals surface area contributed by atoms with Crippen molar-refractivity contribution in [2.75, 3.05) is 17.2 Å². The van der Waals surface area contributed by atoms with E-state index in [1.165, 1.54) is 24.5 Å². The Hall–Kier alpha value is -4.73. The van der Waals surface area contributed by atoms with Crippen molar-refractivity contribution in [2.24, 2.45) is 0 Å². The predicted molar refractivity (Wildman–Crippen MR) is 125 cm³/mol. The fourth-order valence-corrected chi connectivity index (χ4v) is 3.13. The van der Waals surface area contributed by atoms with Gasteiger partial charge >= 0.3 is 6.18 Å². The fourth-order valence-electron chi connectivity index (χ4n) is 3.13. The molecule has 184 valence electrons. The fraction of sp³-hybridized carbons (Fsp3) is 0.0769. The molecule has 0 spiro atoms. The van der Waals surface area contributed by atoms with Gasteiger partial charge in [-0.05, 0) is 66.7 Å². The van der Waals surface area contributed by atoms with Crippen LogP contribution in [0, 0.1) is 0 Å². The number of nitrogens with one attached hydrogen (secondary N) is 2. The molecule has 0 unspecified atom stereocenters. The molecule has 0 saturated carbocycles. The molecule has 3 aromatic carbocycles. The summed E-state index contributed by atoms with van der Waals surface area (Å²) in [5.74, 6) is -0.0315. The molecule has 0 aliphatic rings. The summed E-state index contributed by atoms with van der Waals surface area (Å²) in [4.78, 5) is 24.3. The van der Waals surface area contributed by atoms with Gasteiger partial charge in [-0.25, -0.2) is 0 Å². The molecule has 4 rings (SSSR count). The second kappa shape index (κ2) is 10.7. The van der Waals surface area contributed by atoms with E-state index in [0.29, 0.717) is 17.2 Å². The first-order valence-corrected chi connectivity index (χ1v) is 10.6. The third kappa shape index (κ3) is 6.44. The van der Waals surface area contributed by atoms with E-state index in [1.54, 1.807) is 36.4 Å². The van der Waals surface area contributed by atoms with Crippen LogP contribution >= 0.6 is 0 Å². The van der Waals surface area contributed by atoms with Crippen LogP contribution in [0.1, 0.15) is 16.1 Å². The van der Waals surface area contributed by atoms with Crippen molar-refractivity contribution in [1.82, 2.24) is 0 Å². The lowest BCUT2D eigenvalue weighted by Crippen LogP contribution is -2.22. The number of furan rings is 1. The van der Waals surface area contributed by atoms with Gasteiger partial charge in [-0.3, -0.25) is 9.59 Å². The molecular formula is C26H19F3N2O5. The maximum absolute atomic E-state index is 13.6. The highest BCUT2D eigenvalue weighted by molar-refractivity contribution is 6.02. The van der Waals surface area contributed by atoms with E-state index < -0.39 is 35.8 Å². The van der Waals surface area contributed by atoms with E-state index in [1.807, 2.05) is 18.2 Å². The number of anilines is 2. The summed E-state index contributed by atoms with van der Waals surface area (Å²) in [6, 6.07) is 21.4. The zero-order chi connectivity index (χ0) is 25.5. The number of hydrogen-bond donors (Lipinski definition) is 2. The Bertz CT molecular complexity index is 1320. The minimum atomic E-state index is -4.79. The van der Waals surface area contributed by atoms with E-state index in [9.17, 15) is 22.8 Å². The highest BCUT2D eigenvalue weighted by atomic mass is 19.4. The number of benzene rings is 3. The minimum Gasteiger partial charge on any atom is -0.484 e. The molecule has 7 nitrogen and oxygen atoms in total. The molecular weight excluding hydrogens is 477 g/mol. The van der Waals surface area contributed by atoms with Crippen LogP contribution in [0.5, 0.6) is 17.2 Å². The smallest absolute Gasteiger partial charge is 0.418 e. The van der Waals surface area contributed by atoms with Gasteiger partial charge in [0.25, 0.3) is 11.8 Å². The van der Waals surface area contributed by atoms with Gasteiger partial charge in [0.05, 0.1) is 17.5 Å². The lowest BCUT2D eigenvalue weighted by Gasteiger charge is -2.16. The number of alkyl halides is 3. The van der Waals surface area contributed by atoms with Crippen molar-refractivity contribution in [2.45, 2.75) is 6.18 Å². The Balaban J connectivity index is 1.37. The van der Waals surface area contributed by atoms with E-state index in [4.69, 9.17) is 13.9 Å². The number of carbonyl (C=O) groups excluding carboxylic acids is 2. The second-order valence-corrected chi connectivity index (χ2v) is 7.41. The van der Waals surface area contributed by atoms with Gasteiger partial charge in [0, 0.05) is 5.69 Å². The van der Waals surface area contributed by atoms with Gasteiger partial charge in [0.15, 0.2) is 12.4 Å². The van der Waals surface area contributed by atoms with Gasteiger partial charge in [-0.15, -0.1) is 0 Å². The summed E-state index contributed by atoms with van der Waals surface area (Å²) in [5.41, 5.74) is -1.72. The molecule has 0 bridgehead atoms. The number of carbonyl (C=O) groups is 2. The third-order valence-electron chi connectivity index (χ3n) is 4.77. The van der Waals surface area contributed by atoms with E-state index in [2.05, 4.69) is 10.6 Å². The maximum Gasteiger partial charge on any atom is 0.418 e. The van der Waals surface area contributed by atoms with Crippen LogP contribution < -0.4 is 20.1 Å². The van der Waals surface area contributed by atoms with Gasteiger partial charge in [0.1, 0.15) is 17.2 Å². The van der Waals surface area contributed by atoms with Crippen molar-refractivity contribution in [1.29, 1.82) is 0 Å². The summed E-state index contributed by atoms with van der Waals surface area (Å²) in [5, 5.41) is 4.52. The molecule has 1 heterocycles. The zero-order valence-electron chi connectivity index (χ0n) is 18.5. The van der Waals surface area contributed by atoms with Crippen LogP contribution in [0.4, 0.5) is 24.5 Å². The first-order valence-electron chi connectivity index (χ1n) is 10.6. The number of rotatable bonds is 8. The van der Waals surface area contributed by atoms with Crippen molar-refractivity contribution >= 4 is 23.2 Å². The van der Waals surface area contributed by atoms with E-state index in [0.717, 1.165) is 12.1 Å². The van der Waals surface area contributed by atoms with Crippen LogP contribution in [0.2, 0.25) is 0 Å². The molecule has 0 atom stereocenters. The molecule has 2 N–H and O–H groups in total.